The summed E-state index contributed by atoms with van der Waals surface area (Å²) in [7, 11) is 0. The van der Waals surface area contributed by atoms with Crippen LogP contribution >= 0.6 is 11.6 Å². The van der Waals surface area contributed by atoms with Crippen molar-refractivity contribution >= 4 is 40.5 Å². The van der Waals surface area contributed by atoms with Crippen molar-refractivity contribution < 1.29 is 4.39 Å². The van der Waals surface area contributed by atoms with Crippen molar-refractivity contribution in [1.29, 1.82) is 5.41 Å². The standard InChI is InChI=1S/C32H32ClFN4/c33-24-10-12-28(34)27(18-24)32-26(11-14-31(35)37-32)29-13-9-23-7-4-8-25(19-30(23)36-29)38-16-15-22(20-38)17-21-5-2-1-3-6-21/h4,8-13,18-19,21-22,35H,1-3,5-6,14-17,20H2/t22-/m0/s1. The first-order valence-corrected chi connectivity index (χ1v) is 14.1. The molecule has 0 amide bonds. The molecule has 1 N–H and O–H groups in total. The van der Waals surface area contributed by atoms with Crippen LogP contribution in [-0.4, -0.2) is 34.5 Å². The normalized spacial score (nSPS) is 21.6. The Morgan fingerprint density at radius 3 is 2.82 bits per heavy atom. The number of likely N-dealkylation sites (tertiary alicyclic amines) is 1. The van der Waals surface area contributed by atoms with Crippen molar-refractivity contribution in [3.8, 4) is 0 Å². The highest BCUT2D eigenvalue weighted by molar-refractivity contribution is 6.36. The van der Waals surface area contributed by atoms with Crippen LogP contribution in [0.5, 0.6) is 0 Å². The Kier molecular flexibility index (Phi) is 7.14. The SMILES string of the molecule is N=C1CC=C(c2ccc3c(n2)=CC(N2CC[C@@H](CC4CCCCC4)C2)=CC=C=3)C(c2cc(Cl)ccc2F)=N1. The molecule has 1 saturated heterocycles. The van der Waals surface area contributed by atoms with Gasteiger partial charge in [-0.25, -0.2) is 14.4 Å². The predicted molar refractivity (Wildman–Crippen MR) is 153 cm³/mol. The molecule has 1 aromatic carbocycles. The van der Waals surface area contributed by atoms with Crippen LogP contribution in [0.4, 0.5) is 4.39 Å². The quantitative estimate of drug-likeness (QED) is 0.517. The van der Waals surface area contributed by atoms with E-state index in [0.717, 1.165) is 35.5 Å². The van der Waals surface area contributed by atoms with E-state index in [1.165, 1.54) is 62.8 Å². The molecule has 1 aromatic heterocycles. The highest BCUT2D eigenvalue weighted by Crippen LogP contribution is 2.33. The molecular formula is C32H32ClFN4. The summed E-state index contributed by atoms with van der Waals surface area (Å²) in [5, 5.41) is 10.3. The smallest absolute Gasteiger partial charge is 0.132 e. The number of benzene rings is 1. The van der Waals surface area contributed by atoms with Crippen molar-refractivity contribution in [3.05, 3.63) is 86.9 Å². The minimum Gasteiger partial charge on any atom is -0.371 e. The topological polar surface area (TPSA) is 52.3 Å². The number of dihydropyridines is 1. The first-order chi connectivity index (χ1) is 18.5. The van der Waals surface area contributed by atoms with Crippen LogP contribution in [0.2, 0.25) is 5.02 Å². The van der Waals surface area contributed by atoms with Gasteiger partial charge in [0.15, 0.2) is 0 Å². The number of aliphatic imine (C=N–C) groups is 1. The number of allylic oxidation sites excluding steroid dienone is 4. The van der Waals surface area contributed by atoms with Crippen LogP contribution < -0.4 is 10.6 Å². The van der Waals surface area contributed by atoms with Crippen LogP contribution in [-0.2, 0) is 0 Å². The van der Waals surface area contributed by atoms with Crippen molar-refractivity contribution in [2.75, 3.05) is 13.1 Å². The summed E-state index contributed by atoms with van der Waals surface area (Å²) < 4.78 is 14.8. The molecule has 4 aliphatic rings. The largest absolute Gasteiger partial charge is 0.371 e. The van der Waals surface area contributed by atoms with Crippen LogP contribution in [0.15, 0.2) is 59.2 Å². The van der Waals surface area contributed by atoms with Crippen LogP contribution in [0.25, 0.3) is 17.4 Å². The zero-order valence-electron chi connectivity index (χ0n) is 21.5. The summed E-state index contributed by atoms with van der Waals surface area (Å²) in [5.41, 5.74) is 6.62. The summed E-state index contributed by atoms with van der Waals surface area (Å²) in [6.07, 6.45) is 18.2. The summed E-state index contributed by atoms with van der Waals surface area (Å²) in [6.45, 7) is 2.17. The monoisotopic (exact) mass is 526 g/mol. The Hall–Kier alpha value is -3.27. The molecule has 3 heterocycles. The average molecular weight is 527 g/mol. The van der Waals surface area contributed by atoms with Gasteiger partial charge in [-0.05, 0) is 73.2 Å². The number of hydrogen-bond donors (Lipinski definition) is 1. The molecule has 194 valence electrons. The Balaban J connectivity index is 1.28. The average Bonchev–Trinajstić information content (AvgIpc) is 3.28. The fraction of sp³-hybridized carbons (Fsp3) is 0.375. The molecule has 2 aliphatic carbocycles. The van der Waals surface area contributed by atoms with E-state index in [9.17, 15) is 4.39 Å². The molecular weight excluding hydrogens is 495 g/mol. The first-order valence-electron chi connectivity index (χ1n) is 13.8. The molecule has 1 saturated carbocycles. The van der Waals surface area contributed by atoms with Crippen LogP contribution in [0.3, 0.4) is 0 Å². The fourth-order valence-corrected chi connectivity index (χ4v) is 6.43. The zero-order valence-corrected chi connectivity index (χ0v) is 22.3. The Morgan fingerprint density at radius 2 is 1.95 bits per heavy atom. The molecule has 2 fully saturated rings. The molecule has 6 rings (SSSR count). The van der Waals surface area contributed by atoms with Gasteiger partial charge < -0.3 is 4.90 Å². The van der Waals surface area contributed by atoms with E-state index in [1.807, 2.05) is 24.3 Å². The molecule has 1 atom stereocenters. The third-order valence-corrected chi connectivity index (χ3v) is 8.44. The molecule has 6 heteroatoms. The number of nitrogens with zero attached hydrogens (tertiary/aromatic N) is 3. The molecule has 0 unspecified atom stereocenters. The molecule has 0 radical (unpaired) electrons. The maximum Gasteiger partial charge on any atom is 0.132 e. The summed E-state index contributed by atoms with van der Waals surface area (Å²) >= 11 is 6.18. The number of halogens is 2. The highest BCUT2D eigenvalue weighted by atomic mass is 35.5. The summed E-state index contributed by atoms with van der Waals surface area (Å²) in [6, 6.07) is 8.34. The molecule has 2 aliphatic heterocycles. The van der Waals surface area contributed by atoms with Crippen LogP contribution in [0, 0.1) is 23.1 Å². The lowest BCUT2D eigenvalue weighted by Crippen LogP contribution is -2.30. The number of hydrogen-bond acceptors (Lipinski definition) is 3. The van der Waals surface area contributed by atoms with E-state index in [0.29, 0.717) is 28.4 Å². The number of nitrogens with one attached hydrogen (secondary N) is 1. The third-order valence-electron chi connectivity index (χ3n) is 8.21. The van der Waals surface area contributed by atoms with Gasteiger partial charge in [-0.1, -0.05) is 49.8 Å². The lowest BCUT2D eigenvalue weighted by molar-refractivity contribution is 0.287. The summed E-state index contributed by atoms with van der Waals surface area (Å²) in [5.74, 6) is 1.43. The molecule has 0 spiro atoms. The maximum atomic E-state index is 14.8. The third kappa shape index (κ3) is 5.32. The van der Waals surface area contributed by atoms with Gasteiger partial charge in [0, 0.05) is 46.6 Å². The second-order valence-electron chi connectivity index (χ2n) is 10.9. The number of rotatable bonds is 5. The van der Waals surface area contributed by atoms with Gasteiger partial charge in [0.2, 0.25) is 0 Å². The van der Waals surface area contributed by atoms with Gasteiger partial charge in [0.1, 0.15) is 11.7 Å². The number of pyridine rings is 1. The van der Waals surface area contributed by atoms with Gasteiger partial charge in [-0.15, -0.1) is 5.73 Å². The Morgan fingerprint density at radius 1 is 1.08 bits per heavy atom. The van der Waals surface area contributed by atoms with Crippen LogP contribution in [0.1, 0.15) is 62.6 Å². The van der Waals surface area contributed by atoms with E-state index in [-0.39, 0.29) is 11.4 Å². The van der Waals surface area contributed by atoms with E-state index >= 15 is 0 Å². The number of aromatic nitrogens is 1. The van der Waals surface area contributed by atoms with Gasteiger partial charge in [-0.2, -0.15) is 0 Å². The highest BCUT2D eigenvalue weighted by Gasteiger charge is 2.27. The lowest BCUT2D eigenvalue weighted by Gasteiger charge is -2.25. The number of fused-ring (bicyclic) bond motifs is 1. The van der Waals surface area contributed by atoms with E-state index in [1.54, 1.807) is 6.07 Å². The second kappa shape index (κ2) is 10.8. The Bertz CT molecular complexity index is 1520. The number of amidine groups is 1. The van der Waals surface area contributed by atoms with E-state index in [2.05, 4.69) is 27.8 Å². The minimum atomic E-state index is -0.423. The Labute approximate surface area is 228 Å². The molecule has 4 nitrogen and oxygen atoms in total. The minimum absolute atomic E-state index is 0.183. The van der Waals surface area contributed by atoms with Crippen molar-refractivity contribution in [3.63, 3.8) is 0 Å². The fourth-order valence-electron chi connectivity index (χ4n) is 6.26. The van der Waals surface area contributed by atoms with E-state index < -0.39 is 5.82 Å². The van der Waals surface area contributed by atoms with Crippen molar-refractivity contribution in [2.24, 2.45) is 16.8 Å². The lowest BCUT2D eigenvalue weighted by atomic mass is 9.82. The second-order valence-corrected chi connectivity index (χ2v) is 11.3. The van der Waals surface area contributed by atoms with Gasteiger partial charge in [-0.3, -0.25) is 5.41 Å². The van der Waals surface area contributed by atoms with Crippen molar-refractivity contribution in [2.45, 2.75) is 51.4 Å². The molecule has 38 heavy (non-hydrogen) atoms. The maximum absolute atomic E-state index is 14.8. The summed E-state index contributed by atoms with van der Waals surface area (Å²) in [4.78, 5) is 11.9. The van der Waals surface area contributed by atoms with Gasteiger partial charge in [0.05, 0.1) is 16.8 Å². The molecule has 0 bridgehead atoms. The van der Waals surface area contributed by atoms with Gasteiger partial charge in [0.25, 0.3) is 0 Å². The predicted octanol–water partition coefficient (Wildman–Crippen LogP) is 6.03. The first kappa shape index (κ1) is 25.0. The zero-order chi connectivity index (χ0) is 26.1. The van der Waals surface area contributed by atoms with Gasteiger partial charge >= 0.3 is 0 Å². The van der Waals surface area contributed by atoms with E-state index in [4.69, 9.17) is 22.0 Å². The molecule has 2 aromatic rings. The van der Waals surface area contributed by atoms with Crippen molar-refractivity contribution in [1.82, 2.24) is 9.88 Å².